The van der Waals surface area contributed by atoms with E-state index in [0.717, 1.165) is 0 Å². The maximum absolute atomic E-state index is 12.1. The zero-order valence-electron chi connectivity index (χ0n) is 12.3. The minimum absolute atomic E-state index is 0.297. The van der Waals surface area contributed by atoms with Crippen LogP contribution in [0.3, 0.4) is 0 Å². The summed E-state index contributed by atoms with van der Waals surface area (Å²) in [7, 11) is 4.47. The Bertz CT molecular complexity index is 541. The number of nitrogens with zero attached hydrogens (tertiary/aromatic N) is 3. The van der Waals surface area contributed by atoms with Gasteiger partial charge in [0.1, 0.15) is 5.75 Å². The Balaban J connectivity index is 2.84. The summed E-state index contributed by atoms with van der Waals surface area (Å²) in [6, 6.07) is 3.15. The molecule has 0 unspecified atom stereocenters. The number of hydrogen-bond donors (Lipinski definition) is 1. The predicted octanol–water partition coefficient (Wildman–Crippen LogP) is 2.14. The fourth-order valence-electron chi connectivity index (χ4n) is 1.70. The van der Waals surface area contributed by atoms with Crippen molar-refractivity contribution in [1.29, 1.82) is 0 Å². The van der Waals surface area contributed by atoms with Crippen LogP contribution in [0.25, 0.3) is 10.4 Å². The molecule has 0 saturated heterocycles. The van der Waals surface area contributed by atoms with E-state index in [2.05, 4.69) is 15.3 Å². The van der Waals surface area contributed by atoms with Crippen LogP contribution >= 0.6 is 0 Å². The Hall–Kier alpha value is -2.60. The van der Waals surface area contributed by atoms with Crippen LogP contribution in [0.2, 0.25) is 0 Å². The third kappa shape index (κ3) is 4.47. The molecule has 0 radical (unpaired) electrons. The maximum atomic E-state index is 12.1. The number of carbonyl (C=O) groups excluding carboxylic acids is 1. The highest BCUT2D eigenvalue weighted by Gasteiger charge is 2.17. The Morgan fingerprint density at radius 1 is 1.19 bits per heavy atom. The smallest absolute Gasteiger partial charge is 0.255 e. The molecule has 0 aliphatic carbocycles. The fraction of sp³-hybridized carbons (Fsp3) is 0.462. The summed E-state index contributed by atoms with van der Waals surface area (Å²) in [5.74, 6) is 1.01. The Morgan fingerprint density at radius 2 is 1.81 bits per heavy atom. The standard InChI is InChI=1S/C13H18N4O4/c1-19-10-8-12(21-3)11(20-2)7-9(10)13(18)15-5-4-6-16-17-14/h7-8H,4-6H2,1-3H3,(H,15,18). The fourth-order valence-corrected chi connectivity index (χ4v) is 1.70. The van der Waals surface area contributed by atoms with Gasteiger partial charge in [0.25, 0.3) is 5.91 Å². The number of azide groups is 1. The van der Waals surface area contributed by atoms with Crippen LogP contribution in [0.1, 0.15) is 16.8 Å². The van der Waals surface area contributed by atoms with Crippen molar-refractivity contribution in [2.45, 2.75) is 6.42 Å². The van der Waals surface area contributed by atoms with Gasteiger partial charge in [-0.1, -0.05) is 5.11 Å². The minimum atomic E-state index is -0.297. The van der Waals surface area contributed by atoms with Crippen molar-refractivity contribution >= 4 is 5.91 Å². The molecule has 8 heteroatoms. The van der Waals surface area contributed by atoms with E-state index in [0.29, 0.717) is 42.3 Å². The molecule has 21 heavy (non-hydrogen) atoms. The first kappa shape index (κ1) is 16.5. The van der Waals surface area contributed by atoms with Gasteiger partial charge in [0, 0.05) is 30.1 Å². The topological polar surface area (TPSA) is 106 Å². The summed E-state index contributed by atoms with van der Waals surface area (Å²) in [6.07, 6.45) is 0.561. The molecule has 0 fully saturated rings. The van der Waals surface area contributed by atoms with Crippen LogP contribution in [-0.4, -0.2) is 40.3 Å². The normalized spacial score (nSPS) is 9.48. The first-order chi connectivity index (χ1) is 10.2. The van der Waals surface area contributed by atoms with Crippen molar-refractivity contribution in [2.75, 3.05) is 34.4 Å². The van der Waals surface area contributed by atoms with Crippen LogP contribution in [0.4, 0.5) is 0 Å². The zero-order valence-corrected chi connectivity index (χ0v) is 12.3. The van der Waals surface area contributed by atoms with Gasteiger partial charge in [0.15, 0.2) is 11.5 Å². The lowest BCUT2D eigenvalue weighted by atomic mass is 10.1. The van der Waals surface area contributed by atoms with Crippen molar-refractivity contribution in [1.82, 2.24) is 5.32 Å². The van der Waals surface area contributed by atoms with Crippen LogP contribution in [0, 0.1) is 0 Å². The third-order valence-electron chi connectivity index (χ3n) is 2.73. The molecule has 0 spiro atoms. The van der Waals surface area contributed by atoms with E-state index < -0.39 is 0 Å². The van der Waals surface area contributed by atoms with Gasteiger partial charge in [-0.3, -0.25) is 4.79 Å². The Kier molecular flexibility index (Phi) is 6.70. The van der Waals surface area contributed by atoms with Gasteiger partial charge in [-0.15, -0.1) is 0 Å². The average molecular weight is 294 g/mol. The second-order valence-electron chi connectivity index (χ2n) is 3.97. The third-order valence-corrected chi connectivity index (χ3v) is 2.73. The molecule has 1 aromatic rings. The van der Waals surface area contributed by atoms with Gasteiger partial charge < -0.3 is 19.5 Å². The van der Waals surface area contributed by atoms with Crippen molar-refractivity contribution in [3.63, 3.8) is 0 Å². The SMILES string of the molecule is COc1cc(OC)c(C(=O)NCCCN=[N+]=[N-])cc1OC. The highest BCUT2D eigenvalue weighted by atomic mass is 16.5. The second kappa shape index (κ2) is 8.55. The molecule has 0 aliphatic heterocycles. The largest absolute Gasteiger partial charge is 0.496 e. The molecule has 114 valence electrons. The van der Waals surface area contributed by atoms with E-state index in [1.54, 1.807) is 12.1 Å². The number of methoxy groups -OCH3 is 3. The van der Waals surface area contributed by atoms with Gasteiger partial charge in [0.2, 0.25) is 0 Å². The molecule has 0 heterocycles. The summed E-state index contributed by atoms with van der Waals surface area (Å²) in [6.45, 7) is 0.731. The number of rotatable bonds is 8. The number of benzene rings is 1. The maximum Gasteiger partial charge on any atom is 0.255 e. The molecule has 0 aromatic heterocycles. The molecular formula is C13H18N4O4. The lowest BCUT2D eigenvalue weighted by molar-refractivity contribution is 0.0950. The highest BCUT2D eigenvalue weighted by molar-refractivity contribution is 5.97. The Labute approximate surface area is 122 Å². The van der Waals surface area contributed by atoms with E-state index in [-0.39, 0.29) is 5.91 Å². The molecule has 1 N–H and O–H groups in total. The summed E-state index contributed by atoms with van der Waals surface area (Å²) < 4.78 is 15.5. The lowest BCUT2D eigenvalue weighted by Crippen LogP contribution is -2.25. The van der Waals surface area contributed by atoms with Gasteiger partial charge in [-0.05, 0) is 12.0 Å². The average Bonchev–Trinajstić information content (AvgIpc) is 2.52. The van der Waals surface area contributed by atoms with E-state index in [4.69, 9.17) is 19.7 Å². The summed E-state index contributed by atoms with van der Waals surface area (Å²) >= 11 is 0. The quantitative estimate of drug-likeness (QED) is 0.343. The summed E-state index contributed by atoms with van der Waals surface area (Å²) in [4.78, 5) is 14.8. The summed E-state index contributed by atoms with van der Waals surface area (Å²) in [5.41, 5.74) is 8.50. The number of amides is 1. The molecule has 0 bridgehead atoms. The molecule has 1 aromatic carbocycles. The highest BCUT2D eigenvalue weighted by Crippen LogP contribution is 2.34. The van der Waals surface area contributed by atoms with Crippen molar-refractivity contribution < 1.29 is 19.0 Å². The van der Waals surface area contributed by atoms with E-state index in [9.17, 15) is 4.79 Å². The van der Waals surface area contributed by atoms with E-state index in [1.165, 1.54) is 21.3 Å². The van der Waals surface area contributed by atoms with Gasteiger partial charge in [-0.25, -0.2) is 0 Å². The van der Waals surface area contributed by atoms with Crippen LogP contribution in [0.5, 0.6) is 17.2 Å². The predicted molar refractivity (Wildman–Crippen MR) is 77.1 cm³/mol. The number of carbonyl (C=O) groups is 1. The van der Waals surface area contributed by atoms with Crippen LogP contribution in [0.15, 0.2) is 17.2 Å². The monoisotopic (exact) mass is 294 g/mol. The first-order valence-corrected chi connectivity index (χ1v) is 6.27. The molecule has 1 amide bonds. The number of ether oxygens (including phenoxy) is 3. The van der Waals surface area contributed by atoms with Crippen molar-refractivity contribution in [2.24, 2.45) is 5.11 Å². The lowest BCUT2D eigenvalue weighted by Gasteiger charge is -2.13. The number of nitrogens with one attached hydrogen (secondary N) is 1. The molecule has 8 nitrogen and oxygen atoms in total. The first-order valence-electron chi connectivity index (χ1n) is 6.27. The van der Waals surface area contributed by atoms with E-state index in [1.807, 2.05) is 0 Å². The van der Waals surface area contributed by atoms with E-state index >= 15 is 0 Å². The second-order valence-corrected chi connectivity index (χ2v) is 3.97. The van der Waals surface area contributed by atoms with Crippen LogP contribution in [-0.2, 0) is 0 Å². The molecule has 1 rings (SSSR count). The molecule has 0 saturated carbocycles. The van der Waals surface area contributed by atoms with Crippen LogP contribution < -0.4 is 19.5 Å². The number of hydrogen-bond acceptors (Lipinski definition) is 5. The summed E-state index contributed by atoms with van der Waals surface area (Å²) in [5, 5.41) is 6.12. The Morgan fingerprint density at radius 3 is 2.38 bits per heavy atom. The molecular weight excluding hydrogens is 276 g/mol. The van der Waals surface area contributed by atoms with Gasteiger partial charge >= 0.3 is 0 Å². The molecule has 0 aliphatic rings. The van der Waals surface area contributed by atoms with Crippen molar-refractivity contribution in [3.05, 3.63) is 28.1 Å². The van der Waals surface area contributed by atoms with Gasteiger partial charge in [-0.2, -0.15) is 0 Å². The molecule has 0 atom stereocenters. The van der Waals surface area contributed by atoms with Crippen molar-refractivity contribution in [3.8, 4) is 17.2 Å². The zero-order chi connectivity index (χ0) is 15.7. The minimum Gasteiger partial charge on any atom is -0.496 e. The van der Waals surface area contributed by atoms with Gasteiger partial charge in [0.05, 0.1) is 26.9 Å².